The van der Waals surface area contributed by atoms with E-state index >= 15 is 0 Å². The lowest BCUT2D eigenvalue weighted by molar-refractivity contribution is 0.0663. The van der Waals surface area contributed by atoms with Gasteiger partial charge in [0, 0.05) is 23.2 Å². The third-order valence-electron chi connectivity index (χ3n) is 5.87. The van der Waals surface area contributed by atoms with Gasteiger partial charge in [-0.3, -0.25) is 9.59 Å². The standard InChI is InChI=1S/C24H26N2O3/c1-16-7-3-6-10-21(16)24(28)26(19-8-4-5-9-19)15-18-13-17-11-12-20(29-2)14-22(17)25-23(18)27/h3,6-7,10-14,19H,4-5,8-9,15H2,1-2H3,(H,25,27). The van der Waals surface area contributed by atoms with Crippen LogP contribution in [-0.2, 0) is 6.54 Å². The SMILES string of the molecule is COc1ccc2cc(CN(C(=O)c3ccccc3C)C3CCCC3)c(=O)[nH]c2c1. The maximum Gasteiger partial charge on any atom is 0.254 e. The predicted molar refractivity (Wildman–Crippen MR) is 114 cm³/mol. The van der Waals surface area contributed by atoms with Crippen LogP contribution in [0.15, 0.2) is 53.3 Å². The van der Waals surface area contributed by atoms with E-state index in [4.69, 9.17) is 4.74 Å². The number of amides is 1. The summed E-state index contributed by atoms with van der Waals surface area (Å²) in [6.07, 6.45) is 4.22. The molecule has 0 unspecified atom stereocenters. The number of methoxy groups -OCH3 is 1. The second kappa shape index (κ2) is 8.11. The van der Waals surface area contributed by atoms with Crippen LogP contribution in [0.3, 0.4) is 0 Å². The first-order valence-corrected chi connectivity index (χ1v) is 10.1. The molecule has 1 aromatic heterocycles. The summed E-state index contributed by atoms with van der Waals surface area (Å²) in [5, 5.41) is 0.926. The van der Waals surface area contributed by atoms with Crippen LogP contribution < -0.4 is 10.3 Å². The molecule has 0 radical (unpaired) electrons. The summed E-state index contributed by atoms with van der Waals surface area (Å²) >= 11 is 0. The topological polar surface area (TPSA) is 62.4 Å². The van der Waals surface area contributed by atoms with Crippen LogP contribution in [0.1, 0.15) is 47.2 Å². The number of ether oxygens (including phenoxy) is 1. The van der Waals surface area contributed by atoms with Gasteiger partial charge in [-0.05, 0) is 55.0 Å². The second-order valence-corrected chi connectivity index (χ2v) is 7.76. The second-order valence-electron chi connectivity index (χ2n) is 7.76. The molecule has 0 bridgehead atoms. The Kier molecular flexibility index (Phi) is 5.38. The Morgan fingerprint density at radius 1 is 1.14 bits per heavy atom. The minimum atomic E-state index is -0.161. The van der Waals surface area contributed by atoms with E-state index < -0.39 is 0 Å². The first-order chi connectivity index (χ1) is 14.1. The first-order valence-electron chi connectivity index (χ1n) is 10.1. The van der Waals surface area contributed by atoms with Gasteiger partial charge in [-0.15, -0.1) is 0 Å². The van der Waals surface area contributed by atoms with Gasteiger partial charge in [0.15, 0.2) is 0 Å². The zero-order chi connectivity index (χ0) is 20.4. The average molecular weight is 390 g/mol. The number of nitrogens with zero attached hydrogens (tertiary/aromatic N) is 1. The maximum atomic E-state index is 13.4. The molecule has 1 amide bonds. The van der Waals surface area contributed by atoms with Crippen molar-refractivity contribution >= 4 is 16.8 Å². The van der Waals surface area contributed by atoms with Gasteiger partial charge in [0.25, 0.3) is 11.5 Å². The van der Waals surface area contributed by atoms with Gasteiger partial charge in [-0.25, -0.2) is 0 Å². The Bertz CT molecular complexity index is 1100. The Morgan fingerprint density at radius 3 is 2.62 bits per heavy atom. The number of nitrogens with one attached hydrogen (secondary N) is 1. The summed E-state index contributed by atoms with van der Waals surface area (Å²) in [6, 6.07) is 15.3. The molecule has 1 saturated carbocycles. The number of H-pyrrole nitrogens is 1. The molecule has 150 valence electrons. The number of benzene rings is 2. The fourth-order valence-electron chi connectivity index (χ4n) is 4.20. The minimum Gasteiger partial charge on any atom is -0.497 e. The first kappa shape index (κ1) is 19.2. The fourth-order valence-corrected chi connectivity index (χ4v) is 4.20. The monoisotopic (exact) mass is 390 g/mol. The van der Waals surface area contributed by atoms with Crippen molar-refractivity contribution in [1.29, 1.82) is 0 Å². The molecule has 3 aromatic rings. The number of aromatic nitrogens is 1. The van der Waals surface area contributed by atoms with Crippen molar-refractivity contribution in [2.75, 3.05) is 7.11 Å². The fraction of sp³-hybridized carbons (Fsp3) is 0.333. The number of aromatic amines is 1. The molecule has 0 saturated heterocycles. The zero-order valence-electron chi connectivity index (χ0n) is 16.9. The Balaban J connectivity index is 1.71. The Morgan fingerprint density at radius 2 is 1.90 bits per heavy atom. The van der Waals surface area contributed by atoms with Gasteiger partial charge in [0.05, 0.1) is 19.2 Å². The lowest BCUT2D eigenvalue weighted by Crippen LogP contribution is -2.40. The van der Waals surface area contributed by atoms with Crippen molar-refractivity contribution in [1.82, 2.24) is 9.88 Å². The van der Waals surface area contributed by atoms with E-state index in [9.17, 15) is 9.59 Å². The average Bonchev–Trinajstić information content (AvgIpc) is 3.26. The third-order valence-corrected chi connectivity index (χ3v) is 5.87. The molecule has 5 nitrogen and oxygen atoms in total. The molecular formula is C24H26N2O3. The van der Waals surface area contributed by atoms with Gasteiger partial charge in [-0.2, -0.15) is 0 Å². The molecule has 1 aliphatic rings. The van der Waals surface area contributed by atoms with Gasteiger partial charge in [-0.1, -0.05) is 31.0 Å². The van der Waals surface area contributed by atoms with E-state index in [-0.39, 0.29) is 17.5 Å². The summed E-state index contributed by atoms with van der Waals surface area (Å²) in [4.78, 5) is 31.0. The van der Waals surface area contributed by atoms with Crippen molar-refractivity contribution in [3.05, 3.63) is 75.6 Å². The van der Waals surface area contributed by atoms with Crippen LogP contribution in [0.5, 0.6) is 5.75 Å². The highest BCUT2D eigenvalue weighted by atomic mass is 16.5. The summed E-state index contributed by atoms with van der Waals surface area (Å²) in [5.41, 5.74) is 2.85. The molecule has 5 heteroatoms. The Hall–Kier alpha value is -3.08. The molecular weight excluding hydrogens is 364 g/mol. The zero-order valence-corrected chi connectivity index (χ0v) is 16.9. The highest BCUT2D eigenvalue weighted by Crippen LogP contribution is 2.27. The van der Waals surface area contributed by atoms with Gasteiger partial charge in [0.1, 0.15) is 5.75 Å². The van der Waals surface area contributed by atoms with Crippen LogP contribution in [-0.4, -0.2) is 28.9 Å². The quantitative estimate of drug-likeness (QED) is 0.701. The van der Waals surface area contributed by atoms with Gasteiger partial charge >= 0.3 is 0 Å². The number of aryl methyl sites for hydroxylation is 1. The molecule has 1 fully saturated rings. The summed E-state index contributed by atoms with van der Waals surface area (Å²) in [7, 11) is 1.60. The lowest BCUT2D eigenvalue weighted by Gasteiger charge is -2.29. The van der Waals surface area contributed by atoms with Crippen molar-refractivity contribution in [2.24, 2.45) is 0 Å². The number of hydrogen-bond acceptors (Lipinski definition) is 3. The summed E-state index contributed by atoms with van der Waals surface area (Å²) < 4.78 is 5.24. The van der Waals surface area contributed by atoms with Gasteiger partial charge < -0.3 is 14.6 Å². The Labute approximate surface area is 170 Å². The van der Waals surface area contributed by atoms with E-state index in [1.54, 1.807) is 7.11 Å². The van der Waals surface area contributed by atoms with Gasteiger partial charge in [0.2, 0.25) is 0 Å². The number of hydrogen-bond donors (Lipinski definition) is 1. The molecule has 1 heterocycles. The summed E-state index contributed by atoms with van der Waals surface area (Å²) in [5.74, 6) is 0.701. The van der Waals surface area contributed by atoms with Crippen molar-refractivity contribution in [3.8, 4) is 5.75 Å². The van der Waals surface area contributed by atoms with E-state index in [1.807, 2.05) is 60.4 Å². The molecule has 0 spiro atoms. The van der Waals surface area contributed by atoms with Crippen molar-refractivity contribution in [2.45, 2.75) is 45.2 Å². The van der Waals surface area contributed by atoms with E-state index in [0.717, 1.165) is 42.1 Å². The number of carbonyl (C=O) groups is 1. The molecule has 1 aliphatic carbocycles. The number of carbonyl (C=O) groups excluding carboxylic acids is 1. The van der Waals surface area contributed by atoms with Crippen LogP contribution >= 0.6 is 0 Å². The molecule has 1 N–H and O–H groups in total. The maximum absolute atomic E-state index is 13.4. The summed E-state index contributed by atoms with van der Waals surface area (Å²) in [6.45, 7) is 2.27. The van der Waals surface area contributed by atoms with Crippen LogP contribution in [0, 0.1) is 6.92 Å². The van der Waals surface area contributed by atoms with E-state index in [2.05, 4.69) is 4.98 Å². The van der Waals surface area contributed by atoms with Crippen LogP contribution in [0.2, 0.25) is 0 Å². The molecule has 2 aromatic carbocycles. The number of fused-ring (bicyclic) bond motifs is 1. The van der Waals surface area contributed by atoms with Crippen LogP contribution in [0.4, 0.5) is 0 Å². The van der Waals surface area contributed by atoms with E-state index in [0.29, 0.717) is 23.4 Å². The van der Waals surface area contributed by atoms with Crippen molar-refractivity contribution < 1.29 is 9.53 Å². The highest BCUT2D eigenvalue weighted by Gasteiger charge is 2.29. The largest absolute Gasteiger partial charge is 0.497 e. The lowest BCUT2D eigenvalue weighted by atomic mass is 10.0. The normalized spacial score (nSPS) is 14.3. The smallest absolute Gasteiger partial charge is 0.254 e. The predicted octanol–water partition coefficient (Wildman–Crippen LogP) is 4.43. The van der Waals surface area contributed by atoms with Crippen molar-refractivity contribution in [3.63, 3.8) is 0 Å². The number of rotatable bonds is 5. The highest BCUT2D eigenvalue weighted by molar-refractivity contribution is 5.96. The molecule has 29 heavy (non-hydrogen) atoms. The molecule has 0 aliphatic heterocycles. The molecule has 0 atom stereocenters. The molecule has 4 rings (SSSR count). The third kappa shape index (κ3) is 3.90. The minimum absolute atomic E-state index is 0.00391. The number of pyridine rings is 1. The van der Waals surface area contributed by atoms with E-state index in [1.165, 1.54) is 0 Å². The van der Waals surface area contributed by atoms with Crippen LogP contribution in [0.25, 0.3) is 10.9 Å².